The SMILES string of the molecule is CC1CCN(C(=O)Cc2c(F)cccc2Cl)C1CCl. The van der Waals surface area contributed by atoms with Gasteiger partial charge in [-0.1, -0.05) is 24.6 Å². The number of benzene rings is 1. The highest BCUT2D eigenvalue weighted by Gasteiger charge is 2.33. The maximum absolute atomic E-state index is 13.7. The lowest BCUT2D eigenvalue weighted by molar-refractivity contribution is -0.131. The summed E-state index contributed by atoms with van der Waals surface area (Å²) in [5.41, 5.74) is 0.266. The van der Waals surface area contributed by atoms with E-state index in [4.69, 9.17) is 23.2 Å². The number of carbonyl (C=O) groups excluding carboxylic acids is 1. The first-order valence-corrected chi connectivity index (χ1v) is 7.24. The molecule has 1 saturated heterocycles. The molecule has 1 aliphatic rings. The number of hydrogen-bond acceptors (Lipinski definition) is 1. The molecule has 0 aliphatic carbocycles. The third-order valence-corrected chi connectivity index (χ3v) is 4.42. The maximum atomic E-state index is 13.7. The van der Waals surface area contributed by atoms with Crippen molar-refractivity contribution in [1.29, 1.82) is 0 Å². The number of alkyl halides is 1. The highest BCUT2D eigenvalue weighted by molar-refractivity contribution is 6.31. The van der Waals surface area contributed by atoms with Gasteiger partial charge in [0.2, 0.25) is 5.91 Å². The quantitative estimate of drug-likeness (QED) is 0.783. The predicted octanol–water partition coefficient (Wildman–Crippen LogP) is 3.50. The molecule has 1 fully saturated rings. The van der Waals surface area contributed by atoms with Crippen LogP contribution in [-0.2, 0) is 11.2 Å². The number of nitrogens with zero attached hydrogens (tertiary/aromatic N) is 1. The minimum atomic E-state index is -0.435. The summed E-state index contributed by atoms with van der Waals surface area (Å²) in [6.45, 7) is 2.76. The second-order valence-corrected chi connectivity index (χ2v) is 5.67. The number of halogens is 3. The molecular formula is C14H16Cl2FNO. The molecule has 2 nitrogen and oxygen atoms in total. The molecule has 1 aromatic carbocycles. The lowest BCUT2D eigenvalue weighted by atomic mass is 10.0. The summed E-state index contributed by atoms with van der Waals surface area (Å²) >= 11 is 11.9. The van der Waals surface area contributed by atoms with Gasteiger partial charge in [-0.2, -0.15) is 0 Å². The Morgan fingerprint density at radius 2 is 2.26 bits per heavy atom. The van der Waals surface area contributed by atoms with Crippen molar-refractivity contribution in [3.05, 3.63) is 34.6 Å². The van der Waals surface area contributed by atoms with Gasteiger partial charge in [-0.3, -0.25) is 4.79 Å². The van der Waals surface area contributed by atoms with Crippen LogP contribution in [0, 0.1) is 11.7 Å². The van der Waals surface area contributed by atoms with Crippen LogP contribution in [0.1, 0.15) is 18.9 Å². The van der Waals surface area contributed by atoms with Gasteiger partial charge < -0.3 is 4.90 Å². The van der Waals surface area contributed by atoms with Crippen molar-refractivity contribution < 1.29 is 9.18 Å². The molecule has 2 rings (SSSR count). The van der Waals surface area contributed by atoms with Gasteiger partial charge in [0.25, 0.3) is 0 Å². The molecular weight excluding hydrogens is 288 g/mol. The predicted molar refractivity (Wildman–Crippen MR) is 75.1 cm³/mol. The summed E-state index contributed by atoms with van der Waals surface area (Å²) in [4.78, 5) is 14.0. The summed E-state index contributed by atoms with van der Waals surface area (Å²) in [7, 11) is 0. The van der Waals surface area contributed by atoms with Gasteiger partial charge in [-0.25, -0.2) is 4.39 Å². The first kappa shape index (κ1) is 14.6. The van der Waals surface area contributed by atoms with Gasteiger partial charge in [0.05, 0.1) is 6.42 Å². The lowest BCUT2D eigenvalue weighted by Gasteiger charge is -2.25. The molecule has 5 heteroatoms. The Morgan fingerprint density at radius 1 is 1.53 bits per heavy atom. The zero-order valence-electron chi connectivity index (χ0n) is 10.7. The fourth-order valence-corrected chi connectivity index (χ4v) is 3.21. The Bertz CT molecular complexity index is 460. The van der Waals surface area contributed by atoms with E-state index in [1.165, 1.54) is 12.1 Å². The van der Waals surface area contributed by atoms with E-state index < -0.39 is 5.82 Å². The second-order valence-electron chi connectivity index (χ2n) is 4.95. The zero-order chi connectivity index (χ0) is 14.0. The van der Waals surface area contributed by atoms with Crippen molar-refractivity contribution >= 4 is 29.1 Å². The highest BCUT2D eigenvalue weighted by Crippen LogP contribution is 2.27. The van der Waals surface area contributed by atoms with Crippen molar-refractivity contribution in [3.8, 4) is 0 Å². The molecule has 0 bridgehead atoms. The lowest BCUT2D eigenvalue weighted by Crippen LogP contribution is -2.39. The molecule has 2 unspecified atom stereocenters. The Kier molecular flexibility index (Phi) is 4.69. The van der Waals surface area contributed by atoms with E-state index in [0.717, 1.165) is 6.42 Å². The average Bonchev–Trinajstić information content (AvgIpc) is 2.75. The Balaban J connectivity index is 2.13. The molecule has 0 saturated carbocycles. The molecule has 0 N–H and O–H groups in total. The molecule has 1 aliphatic heterocycles. The van der Waals surface area contributed by atoms with E-state index in [2.05, 4.69) is 6.92 Å². The molecule has 1 heterocycles. The first-order valence-electron chi connectivity index (χ1n) is 6.33. The number of likely N-dealkylation sites (tertiary alicyclic amines) is 1. The van der Waals surface area contributed by atoms with Crippen LogP contribution in [0.5, 0.6) is 0 Å². The monoisotopic (exact) mass is 303 g/mol. The summed E-state index contributed by atoms with van der Waals surface area (Å²) in [6.07, 6.45) is 0.930. The molecule has 2 atom stereocenters. The van der Waals surface area contributed by atoms with E-state index in [-0.39, 0.29) is 23.9 Å². The zero-order valence-corrected chi connectivity index (χ0v) is 12.2. The van der Waals surface area contributed by atoms with E-state index in [1.54, 1.807) is 11.0 Å². The van der Waals surface area contributed by atoms with E-state index >= 15 is 0 Å². The van der Waals surface area contributed by atoms with Crippen LogP contribution >= 0.6 is 23.2 Å². The van der Waals surface area contributed by atoms with Crippen LogP contribution in [0.2, 0.25) is 5.02 Å². The van der Waals surface area contributed by atoms with Gasteiger partial charge in [0, 0.05) is 29.1 Å². The summed E-state index contributed by atoms with van der Waals surface area (Å²) in [5, 5.41) is 0.294. The normalized spacial score (nSPS) is 22.8. The highest BCUT2D eigenvalue weighted by atomic mass is 35.5. The second kappa shape index (κ2) is 6.10. The molecule has 1 amide bonds. The average molecular weight is 304 g/mol. The van der Waals surface area contributed by atoms with Gasteiger partial charge in [0.15, 0.2) is 0 Å². The van der Waals surface area contributed by atoms with Crippen LogP contribution in [0.3, 0.4) is 0 Å². The maximum Gasteiger partial charge on any atom is 0.227 e. The van der Waals surface area contributed by atoms with E-state index in [1.807, 2.05) is 0 Å². The van der Waals surface area contributed by atoms with Gasteiger partial charge in [0.1, 0.15) is 5.82 Å². The van der Waals surface area contributed by atoms with Crippen molar-refractivity contribution in [1.82, 2.24) is 4.90 Å². The Morgan fingerprint density at radius 3 is 2.89 bits per heavy atom. The molecule has 0 radical (unpaired) electrons. The minimum absolute atomic E-state index is 0.00832. The largest absolute Gasteiger partial charge is 0.338 e. The van der Waals surface area contributed by atoms with Crippen molar-refractivity contribution in [2.75, 3.05) is 12.4 Å². The van der Waals surface area contributed by atoms with E-state index in [0.29, 0.717) is 23.4 Å². The van der Waals surface area contributed by atoms with Gasteiger partial charge in [-0.15, -0.1) is 11.6 Å². The van der Waals surface area contributed by atoms with Crippen LogP contribution in [0.4, 0.5) is 4.39 Å². The molecule has 104 valence electrons. The number of amides is 1. The van der Waals surface area contributed by atoms with Crippen LogP contribution in [0.15, 0.2) is 18.2 Å². The van der Waals surface area contributed by atoms with Crippen LogP contribution < -0.4 is 0 Å². The molecule has 19 heavy (non-hydrogen) atoms. The summed E-state index contributed by atoms with van der Waals surface area (Å²) in [6, 6.07) is 4.49. The smallest absolute Gasteiger partial charge is 0.227 e. The van der Waals surface area contributed by atoms with Crippen LogP contribution in [-0.4, -0.2) is 29.3 Å². The fraction of sp³-hybridized carbons (Fsp3) is 0.500. The Labute approximate surface area is 122 Å². The van der Waals surface area contributed by atoms with Crippen molar-refractivity contribution in [2.45, 2.75) is 25.8 Å². The van der Waals surface area contributed by atoms with Gasteiger partial charge in [-0.05, 0) is 24.5 Å². The van der Waals surface area contributed by atoms with Crippen LogP contribution in [0.25, 0.3) is 0 Å². The first-order chi connectivity index (χ1) is 9.04. The Hall–Kier alpha value is -0.800. The summed E-state index contributed by atoms with van der Waals surface area (Å²) in [5.74, 6) is 0.257. The third-order valence-electron chi connectivity index (χ3n) is 3.75. The molecule has 0 aromatic heterocycles. The van der Waals surface area contributed by atoms with E-state index in [9.17, 15) is 9.18 Å². The van der Waals surface area contributed by atoms with Crippen molar-refractivity contribution in [3.63, 3.8) is 0 Å². The summed E-state index contributed by atoms with van der Waals surface area (Å²) < 4.78 is 13.7. The third kappa shape index (κ3) is 3.03. The topological polar surface area (TPSA) is 20.3 Å². The fourth-order valence-electron chi connectivity index (χ4n) is 2.51. The van der Waals surface area contributed by atoms with Gasteiger partial charge >= 0.3 is 0 Å². The number of hydrogen-bond donors (Lipinski definition) is 0. The molecule has 1 aromatic rings. The molecule has 0 spiro atoms. The number of rotatable bonds is 3. The standard InChI is InChI=1S/C14H16Cl2FNO/c1-9-5-6-18(13(9)8-15)14(19)7-10-11(16)3-2-4-12(10)17/h2-4,9,13H,5-8H2,1H3. The minimum Gasteiger partial charge on any atom is -0.338 e. The van der Waals surface area contributed by atoms with Crippen molar-refractivity contribution in [2.24, 2.45) is 5.92 Å². The number of carbonyl (C=O) groups is 1.